The second-order valence-electron chi connectivity index (χ2n) is 10.3. The highest BCUT2D eigenvalue weighted by Crippen LogP contribution is 2.47. The van der Waals surface area contributed by atoms with Gasteiger partial charge < -0.3 is 15.0 Å². The Morgan fingerprint density at radius 2 is 1.95 bits per heavy atom. The first kappa shape index (κ1) is 25.1. The largest absolute Gasteiger partial charge is 0.464 e. The second-order valence-corrected chi connectivity index (χ2v) is 10.3. The fourth-order valence-electron chi connectivity index (χ4n) is 5.63. The molecule has 10 nitrogen and oxygen atoms in total. The molecule has 2 amide bonds. The molecule has 0 spiro atoms. The van der Waals surface area contributed by atoms with Gasteiger partial charge in [0.1, 0.15) is 5.54 Å². The van der Waals surface area contributed by atoms with E-state index in [1.165, 1.54) is 4.80 Å². The zero-order valence-electron chi connectivity index (χ0n) is 21.4. The Hall–Kier alpha value is -3.56. The van der Waals surface area contributed by atoms with Crippen molar-refractivity contribution in [2.45, 2.75) is 57.0 Å². The van der Waals surface area contributed by atoms with Gasteiger partial charge in [0.15, 0.2) is 0 Å². The van der Waals surface area contributed by atoms with Crippen molar-refractivity contribution in [1.82, 2.24) is 30.4 Å². The number of nitrogens with zero attached hydrogens (tertiary/aromatic N) is 5. The first-order chi connectivity index (χ1) is 17.9. The number of esters is 1. The van der Waals surface area contributed by atoms with E-state index in [0.717, 1.165) is 24.8 Å². The van der Waals surface area contributed by atoms with Crippen LogP contribution in [0.4, 0.5) is 0 Å². The number of hydrogen-bond donors (Lipinski definition) is 1. The molecule has 1 aromatic heterocycles. The van der Waals surface area contributed by atoms with E-state index in [9.17, 15) is 14.4 Å². The van der Waals surface area contributed by atoms with Crippen molar-refractivity contribution in [3.63, 3.8) is 0 Å². The predicted octanol–water partition coefficient (Wildman–Crippen LogP) is 2.54. The van der Waals surface area contributed by atoms with Crippen molar-refractivity contribution in [2.24, 2.45) is 17.8 Å². The maximum absolute atomic E-state index is 13.7. The number of tetrazole rings is 1. The summed E-state index contributed by atoms with van der Waals surface area (Å²) >= 11 is 0. The van der Waals surface area contributed by atoms with Gasteiger partial charge in [-0.05, 0) is 50.7 Å². The summed E-state index contributed by atoms with van der Waals surface area (Å²) in [4.78, 5) is 43.4. The Kier molecular flexibility index (Phi) is 7.08. The van der Waals surface area contributed by atoms with E-state index >= 15 is 0 Å². The summed E-state index contributed by atoms with van der Waals surface area (Å²) in [6, 6.07) is 9.31. The van der Waals surface area contributed by atoms with Crippen LogP contribution in [0.15, 0.2) is 42.5 Å². The quantitative estimate of drug-likeness (QED) is 0.500. The van der Waals surface area contributed by atoms with Crippen LogP contribution in [0.25, 0.3) is 11.4 Å². The van der Waals surface area contributed by atoms with Crippen LogP contribution >= 0.6 is 0 Å². The van der Waals surface area contributed by atoms with Gasteiger partial charge in [0.25, 0.3) is 0 Å². The van der Waals surface area contributed by atoms with Crippen molar-refractivity contribution in [3.05, 3.63) is 42.5 Å². The minimum absolute atomic E-state index is 0.0591. The van der Waals surface area contributed by atoms with Gasteiger partial charge in [0.2, 0.25) is 17.6 Å². The standard InChI is InChI=1S/C27H34N6O4/c1-3-37-26(36)27-17-19(27)13-9-4-5-10-14-32(2)25(35)22-16-20(15-21(22)24(34)28-27)33-30-23(29-31-33)18-11-7-6-8-12-18/h6-9,11-13,19-22H,3-5,10,14-17H2,1-2H3,(H,28,34)/b13-9-/t19-,20-,21-,22-,27-/m1/s1. The molecule has 0 saturated heterocycles. The van der Waals surface area contributed by atoms with Crippen molar-refractivity contribution in [1.29, 1.82) is 0 Å². The van der Waals surface area contributed by atoms with Gasteiger partial charge in [-0.25, -0.2) is 4.79 Å². The maximum atomic E-state index is 13.7. The molecule has 10 heteroatoms. The minimum atomic E-state index is -1.06. The van der Waals surface area contributed by atoms with Crippen molar-refractivity contribution in [2.75, 3.05) is 20.2 Å². The molecular weight excluding hydrogens is 472 g/mol. The first-order valence-electron chi connectivity index (χ1n) is 13.2. The summed E-state index contributed by atoms with van der Waals surface area (Å²) in [5.74, 6) is -1.50. The molecule has 1 N–H and O–H groups in total. The topological polar surface area (TPSA) is 119 Å². The summed E-state index contributed by atoms with van der Waals surface area (Å²) in [6.07, 6.45) is 8.11. The van der Waals surface area contributed by atoms with Crippen molar-refractivity contribution >= 4 is 17.8 Å². The Morgan fingerprint density at radius 1 is 1.16 bits per heavy atom. The van der Waals surface area contributed by atoms with E-state index in [0.29, 0.717) is 31.6 Å². The lowest BCUT2D eigenvalue weighted by molar-refractivity contribution is -0.150. The summed E-state index contributed by atoms with van der Waals surface area (Å²) in [7, 11) is 1.80. The average molecular weight is 507 g/mol. The highest BCUT2D eigenvalue weighted by Gasteiger charge is 2.62. The molecule has 2 fully saturated rings. The molecule has 5 rings (SSSR count). The van der Waals surface area contributed by atoms with E-state index in [1.807, 2.05) is 36.4 Å². The summed E-state index contributed by atoms with van der Waals surface area (Å²) in [5.41, 5.74) is -0.208. The van der Waals surface area contributed by atoms with Crippen molar-refractivity contribution < 1.29 is 19.1 Å². The molecular formula is C27H34N6O4. The number of fused-ring (bicyclic) bond motifs is 2. The highest BCUT2D eigenvalue weighted by molar-refractivity contribution is 5.95. The predicted molar refractivity (Wildman–Crippen MR) is 135 cm³/mol. The van der Waals surface area contributed by atoms with Gasteiger partial charge in [-0.15, -0.1) is 10.2 Å². The lowest BCUT2D eigenvalue weighted by atomic mass is 9.93. The summed E-state index contributed by atoms with van der Waals surface area (Å²) in [6.45, 7) is 2.64. The Morgan fingerprint density at radius 3 is 2.73 bits per heavy atom. The number of hydrogen-bond acceptors (Lipinski definition) is 7. The lowest BCUT2D eigenvalue weighted by Crippen LogP contribution is -2.50. The van der Waals surface area contributed by atoms with Crippen LogP contribution in [-0.2, 0) is 19.1 Å². The summed E-state index contributed by atoms with van der Waals surface area (Å²) in [5, 5.41) is 16.1. The molecule has 2 heterocycles. The highest BCUT2D eigenvalue weighted by atomic mass is 16.5. The van der Waals surface area contributed by atoms with Gasteiger partial charge in [0, 0.05) is 25.1 Å². The second kappa shape index (κ2) is 10.4. The number of allylic oxidation sites excluding steroid dienone is 1. The third-order valence-electron chi connectivity index (χ3n) is 7.84. The van der Waals surface area contributed by atoms with Crippen LogP contribution in [0.5, 0.6) is 0 Å². The van der Waals surface area contributed by atoms with Crippen LogP contribution < -0.4 is 5.32 Å². The van der Waals surface area contributed by atoms with Gasteiger partial charge >= 0.3 is 5.97 Å². The number of carbonyl (C=O) groups is 3. The molecule has 5 atom stereocenters. The number of aromatic nitrogens is 4. The molecule has 0 unspecified atom stereocenters. The monoisotopic (exact) mass is 506 g/mol. The Bertz CT molecular complexity index is 1180. The van der Waals surface area contributed by atoms with Gasteiger partial charge in [-0.3, -0.25) is 9.59 Å². The molecule has 1 aromatic carbocycles. The molecule has 0 radical (unpaired) electrons. The smallest absolute Gasteiger partial charge is 0.332 e. The number of carbonyl (C=O) groups excluding carboxylic acids is 3. The van der Waals surface area contributed by atoms with E-state index in [2.05, 4.69) is 26.8 Å². The number of ether oxygens (including phenoxy) is 1. The average Bonchev–Trinajstić information content (AvgIpc) is 3.24. The molecule has 3 aliphatic rings. The molecule has 37 heavy (non-hydrogen) atoms. The number of amides is 2. The third kappa shape index (κ3) is 5.01. The number of benzene rings is 1. The van der Waals surface area contributed by atoms with E-state index < -0.39 is 23.3 Å². The number of nitrogens with one attached hydrogen (secondary N) is 1. The fourth-order valence-corrected chi connectivity index (χ4v) is 5.63. The third-order valence-corrected chi connectivity index (χ3v) is 7.84. The van der Waals surface area contributed by atoms with Crippen molar-refractivity contribution in [3.8, 4) is 11.4 Å². The molecule has 0 bridgehead atoms. The molecule has 196 valence electrons. The van der Waals surface area contributed by atoms with Gasteiger partial charge in [0.05, 0.1) is 24.5 Å². The fraction of sp³-hybridized carbons (Fsp3) is 0.556. The van der Waals surface area contributed by atoms with E-state index in [-0.39, 0.29) is 30.4 Å². The Labute approximate surface area is 216 Å². The lowest BCUT2D eigenvalue weighted by Gasteiger charge is -2.26. The number of rotatable bonds is 4. The van der Waals surface area contributed by atoms with Crippen LogP contribution in [0.3, 0.4) is 0 Å². The molecule has 2 aromatic rings. The molecule has 2 aliphatic carbocycles. The van der Waals surface area contributed by atoms with E-state index in [1.54, 1.807) is 18.9 Å². The first-order valence-corrected chi connectivity index (χ1v) is 13.2. The van der Waals surface area contributed by atoms with Gasteiger partial charge in [-0.1, -0.05) is 42.5 Å². The zero-order chi connectivity index (χ0) is 26.0. The zero-order valence-corrected chi connectivity index (χ0v) is 21.4. The minimum Gasteiger partial charge on any atom is -0.464 e. The van der Waals surface area contributed by atoms with Crippen LogP contribution in [-0.4, -0.2) is 68.6 Å². The SMILES string of the molecule is CCOC(=O)[C@@]12C[C@H]1/C=C\CCCCN(C)C(=O)[C@@H]1C[C@H](n3nnc(-c4ccccc4)n3)C[C@H]1C(=O)N2. The van der Waals surface area contributed by atoms with Crippen LogP contribution in [0.1, 0.15) is 51.5 Å². The summed E-state index contributed by atoms with van der Waals surface area (Å²) < 4.78 is 5.33. The van der Waals surface area contributed by atoms with Gasteiger partial charge in [-0.2, -0.15) is 4.80 Å². The Balaban J connectivity index is 1.42. The normalized spacial score (nSPS) is 31.0. The van der Waals surface area contributed by atoms with Crippen LogP contribution in [0.2, 0.25) is 0 Å². The molecule has 2 saturated carbocycles. The van der Waals surface area contributed by atoms with E-state index in [4.69, 9.17) is 4.74 Å². The molecule has 1 aliphatic heterocycles. The van der Waals surface area contributed by atoms with Crippen LogP contribution in [0, 0.1) is 17.8 Å². The maximum Gasteiger partial charge on any atom is 0.332 e.